The lowest BCUT2D eigenvalue weighted by molar-refractivity contribution is -0.108. The number of rotatable bonds is 4. The van der Waals surface area contributed by atoms with Crippen LogP contribution in [-0.4, -0.2) is 18.5 Å². The molecule has 0 heterocycles. The minimum atomic E-state index is -0.0746. The molecule has 0 aromatic heterocycles. The Balaban J connectivity index is 3.17. The summed E-state index contributed by atoms with van der Waals surface area (Å²) in [7, 11) is 1.46. The van der Waals surface area contributed by atoms with E-state index in [0.29, 0.717) is 12.2 Å². The van der Waals surface area contributed by atoms with Crippen LogP contribution in [0.1, 0.15) is 24.8 Å². The predicted octanol–water partition coefficient (Wildman–Crippen LogP) is 2.75. The lowest BCUT2D eigenvalue weighted by Gasteiger charge is -2.15. The summed E-state index contributed by atoms with van der Waals surface area (Å²) < 4.78 is 5.07. The zero-order valence-corrected chi connectivity index (χ0v) is 9.41. The minimum absolute atomic E-state index is 0.000571. The lowest BCUT2D eigenvalue weighted by atomic mass is 9.97. The molecule has 0 radical (unpaired) electrons. The van der Waals surface area contributed by atoms with Gasteiger partial charge in [0.15, 0.2) is 11.5 Å². The highest BCUT2D eigenvalue weighted by atomic mass is 35.5. The molecule has 1 aromatic rings. The molecule has 0 fully saturated rings. The molecule has 0 bridgehead atoms. The Bertz CT molecular complexity index is 363. The summed E-state index contributed by atoms with van der Waals surface area (Å²) in [5.74, 6) is 0.270. The number of hydrogen-bond donors (Lipinski definition) is 1. The maximum atomic E-state index is 10.4. The van der Waals surface area contributed by atoms with E-state index in [2.05, 4.69) is 0 Å². The molecule has 0 aliphatic carbocycles. The number of aldehydes is 1. The number of aromatic hydroxyl groups is 1. The van der Waals surface area contributed by atoms with Gasteiger partial charge in [-0.15, -0.1) is 0 Å². The average molecular weight is 229 g/mol. The normalized spacial score (nSPS) is 12.2. The van der Waals surface area contributed by atoms with Crippen molar-refractivity contribution in [1.29, 1.82) is 0 Å². The highest BCUT2D eigenvalue weighted by Crippen LogP contribution is 2.40. The maximum Gasteiger partial charge on any atom is 0.177 e. The van der Waals surface area contributed by atoms with Crippen LogP contribution in [0, 0.1) is 0 Å². The van der Waals surface area contributed by atoms with E-state index >= 15 is 0 Å². The lowest BCUT2D eigenvalue weighted by Crippen LogP contribution is -1.98. The van der Waals surface area contributed by atoms with E-state index < -0.39 is 0 Å². The molecule has 0 aliphatic rings. The molecule has 4 heteroatoms. The first-order valence-corrected chi connectivity index (χ1v) is 4.98. The van der Waals surface area contributed by atoms with Crippen LogP contribution >= 0.6 is 11.6 Å². The van der Waals surface area contributed by atoms with Gasteiger partial charge in [-0.2, -0.15) is 0 Å². The van der Waals surface area contributed by atoms with Gasteiger partial charge in [-0.3, -0.25) is 0 Å². The van der Waals surface area contributed by atoms with Crippen molar-refractivity contribution in [2.45, 2.75) is 19.3 Å². The van der Waals surface area contributed by atoms with Crippen LogP contribution in [0.3, 0.4) is 0 Å². The van der Waals surface area contributed by atoms with E-state index in [0.717, 1.165) is 11.8 Å². The Hall–Kier alpha value is -1.22. The van der Waals surface area contributed by atoms with E-state index in [1.165, 1.54) is 7.11 Å². The zero-order chi connectivity index (χ0) is 11.4. The van der Waals surface area contributed by atoms with Gasteiger partial charge in [0, 0.05) is 12.0 Å². The van der Waals surface area contributed by atoms with E-state index in [1.54, 1.807) is 12.1 Å². The minimum Gasteiger partial charge on any atom is -0.503 e. The molecule has 0 saturated carbocycles. The second kappa shape index (κ2) is 5.03. The fourth-order valence-electron chi connectivity index (χ4n) is 1.44. The molecule has 15 heavy (non-hydrogen) atoms. The average Bonchev–Trinajstić information content (AvgIpc) is 2.22. The molecule has 0 spiro atoms. The summed E-state index contributed by atoms with van der Waals surface area (Å²) in [6.07, 6.45) is 1.23. The predicted molar refractivity (Wildman–Crippen MR) is 58.8 cm³/mol. The molecule has 0 aliphatic heterocycles. The maximum absolute atomic E-state index is 10.4. The van der Waals surface area contributed by atoms with Crippen molar-refractivity contribution in [2.24, 2.45) is 0 Å². The van der Waals surface area contributed by atoms with Crippen molar-refractivity contribution < 1.29 is 14.6 Å². The largest absolute Gasteiger partial charge is 0.503 e. The van der Waals surface area contributed by atoms with Crippen LogP contribution in [0.2, 0.25) is 5.02 Å². The summed E-state index contributed by atoms with van der Waals surface area (Å²) >= 11 is 5.75. The van der Waals surface area contributed by atoms with Crippen molar-refractivity contribution >= 4 is 17.9 Å². The van der Waals surface area contributed by atoms with Gasteiger partial charge >= 0.3 is 0 Å². The molecule has 0 saturated heterocycles. The monoisotopic (exact) mass is 228 g/mol. The summed E-state index contributed by atoms with van der Waals surface area (Å²) in [5, 5.41) is 9.89. The number of phenols is 1. The molecule has 82 valence electrons. The highest BCUT2D eigenvalue weighted by molar-refractivity contribution is 6.32. The molecule has 1 rings (SSSR count). The number of phenolic OH excluding ortho intramolecular Hbond substituents is 1. The number of carbonyl (C=O) groups excluding carboxylic acids is 1. The number of halogens is 1. The number of benzene rings is 1. The molecule has 1 N–H and O–H groups in total. The fourth-order valence-corrected chi connectivity index (χ4v) is 1.59. The van der Waals surface area contributed by atoms with Crippen LogP contribution in [0.5, 0.6) is 11.5 Å². The van der Waals surface area contributed by atoms with Crippen molar-refractivity contribution in [3.63, 3.8) is 0 Å². The molecule has 1 atom stereocenters. The smallest absolute Gasteiger partial charge is 0.177 e. The third kappa shape index (κ3) is 2.42. The molecule has 1 aromatic carbocycles. The van der Waals surface area contributed by atoms with E-state index in [4.69, 9.17) is 16.3 Å². The number of hydrogen-bond acceptors (Lipinski definition) is 3. The van der Waals surface area contributed by atoms with E-state index in [-0.39, 0.29) is 16.7 Å². The Morgan fingerprint density at radius 3 is 2.80 bits per heavy atom. The topological polar surface area (TPSA) is 46.5 Å². The van der Waals surface area contributed by atoms with Gasteiger partial charge in [-0.05, 0) is 12.0 Å². The van der Waals surface area contributed by atoms with Crippen molar-refractivity contribution in [3.8, 4) is 11.5 Å². The molecule has 1 unspecified atom stereocenters. The van der Waals surface area contributed by atoms with Crippen LogP contribution in [-0.2, 0) is 4.79 Å². The Morgan fingerprint density at radius 2 is 2.27 bits per heavy atom. The molecule has 3 nitrogen and oxygen atoms in total. The van der Waals surface area contributed by atoms with Crippen LogP contribution in [0.25, 0.3) is 0 Å². The summed E-state index contributed by atoms with van der Waals surface area (Å²) in [6.45, 7) is 1.89. The SMILES string of the molecule is COc1c(C(C)CC=O)ccc(Cl)c1O. The number of ether oxygens (including phenoxy) is 1. The Labute approximate surface area is 93.6 Å². The van der Waals surface area contributed by atoms with Gasteiger partial charge in [0.05, 0.1) is 12.1 Å². The summed E-state index contributed by atoms with van der Waals surface area (Å²) in [4.78, 5) is 10.4. The first kappa shape index (κ1) is 11.9. The van der Waals surface area contributed by atoms with Gasteiger partial charge in [0.1, 0.15) is 6.29 Å². The van der Waals surface area contributed by atoms with Gasteiger partial charge in [-0.1, -0.05) is 24.6 Å². The number of methoxy groups -OCH3 is 1. The van der Waals surface area contributed by atoms with E-state index in [9.17, 15) is 9.90 Å². The Kier molecular flexibility index (Phi) is 3.97. The van der Waals surface area contributed by atoms with Crippen molar-refractivity contribution in [1.82, 2.24) is 0 Å². The molecular formula is C11H13ClO3. The standard InChI is InChI=1S/C11H13ClO3/c1-7(5-6-13)8-3-4-9(12)10(14)11(8)15-2/h3-4,6-7,14H,5H2,1-2H3. The van der Waals surface area contributed by atoms with Crippen molar-refractivity contribution in [3.05, 3.63) is 22.7 Å². The third-order valence-electron chi connectivity index (χ3n) is 2.30. The fraction of sp³-hybridized carbons (Fsp3) is 0.364. The highest BCUT2D eigenvalue weighted by Gasteiger charge is 2.16. The third-order valence-corrected chi connectivity index (χ3v) is 2.60. The zero-order valence-electron chi connectivity index (χ0n) is 8.66. The molecule has 0 amide bonds. The Morgan fingerprint density at radius 1 is 1.60 bits per heavy atom. The number of carbonyl (C=O) groups is 1. The quantitative estimate of drug-likeness (QED) is 0.806. The van der Waals surface area contributed by atoms with Crippen LogP contribution < -0.4 is 4.74 Å². The van der Waals surface area contributed by atoms with Crippen LogP contribution in [0.15, 0.2) is 12.1 Å². The van der Waals surface area contributed by atoms with Gasteiger partial charge in [0.25, 0.3) is 0 Å². The van der Waals surface area contributed by atoms with Gasteiger partial charge in [0.2, 0.25) is 0 Å². The first-order valence-electron chi connectivity index (χ1n) is 4.60. The summed E-state index contributed by atoms with van der Waals surface area (Å²) in [6, 6.07) is 3.35. The second-order valence-corrected chi connectivity index (χ2v) is 3.73. The van der Waals surface area contributed by atoms with Crippen molar-refractivity contribution in [2.75, 3.05) is 7.11 Å². The van der Waals surface area contributed by atoms with Gasteiger partial charge in [-0.25, -0.2) is 0 Å². The second-order valence-electron chi connectivity index (χ2n) is 3.32. The molecular weight excluding hydrogens is 216 g/mol. The van der Waals surface area contributed by atoms with E-state index in [1.807, 2.05) is 6.92 Å². The first-order chi connectivity index (χ1) is 7.11. The van der Waals surface area contributed by atoms with Gasteiger partial charge < -0.3 is 14.6 Å². The summed E-state index contributed by atoms with van der Waals surface area (Å²) in [5.41, 5.74) is 0.784. The van der Waals surface area contributed by atoms with Crippen LogP contribution in [0.4, 0.5) is 0 Å².